The fraction of sp³-hybridized carbons (Fsp3) is 0.278. The molecule has 1 aromatic heterocycles. The lowest BCUT2D eigenvalue weighted by atomic mass is 9.96. The molecule has 1 saturated carbocycles. The summed E-state index contributed by atoms with van der Waals surface area (Å²) in [6.45, 7) is 0.489. The number of nitrogens with zero attached hydrogens (tertiary/aromatic N) is 1. The standard InChI is InChI=1S/C18H16BrNO3/c19-14-9-10-15(21-11-12-5-2-1-3-6-12)16-17(14)23-18(20-16)22-13-7-4-8-13/h1-3,5-6,9-10,13H,4,7-8,11H2. The van der Waals surface area contributed by atoms with Crippen LogP contribution < -0.4 is 9.47 Å². The predicted molar refractivity (Wildman–Crippen MR) is 90.8 cm³/mol. The van der Waals surface area contributed by atoms with E-state index in [1.807, 2.05) is 42.5 Å². The van der Waals surface area contributed by atoms with Gasteiger partial charge < -0.3 is 13.9 Å². The van der Waals surface area contributed by atoms with Crippen molar-refractivity contribution in [1.29, 1.82) is 0 Å². The Morgan fingerprint density at radius 1 is 1.13 bits per heavy atom. The van der Waals surface area contributed by atoms with Crippen LogP contribution in [0.4, 0.5) is 0 Å². The molecule has 4 nitrogen and oxygen atoms in total. The van der Waals surface area contributed by atoms with Crippen LogP contribution in [0.25, 0.3) is 11.1 Å². The second-order valence-corrected chi connectivity index (χ2v) is 6.50. The van der Waals surface area contributed by atoms with E-state index < -0.39 is 0 Å². The zero-order chi connectivity index (χ0) is 15.6. The molecule has 5 heteroatoms. The summed E-state index contributed by atoms with van der Waals surface area (Å²) in [5, 5.41) is 0. The fourth-order valence-corrected chi connectivity index (χ4v) is 2.87. The van der Waals surface area contributed by atoms with E-state index in [0.29, 0.717) is 29.5 Å². The molecule has 0 amide bonds. The first kappa shape index (κ1) is 14.6. The molecule has 118 valence electrons. The average molecular weight is 374 g/mol. The minimum atomic E-state index is 0.232. The van der Waals surface area contributed by atoms with Gasteiger partial charge in [0.15, 0.2) is 11.1 Å². The van der Waals surface area contributed by atoms with Gasteiger partial charge >= 0.3 is 6.08 Å². The Morgan fingerprint density at radius 3 is 2.70 bits per heavy atom. The van der Waals surface area contributed by atoms with Gasteiger partial charge in [0, 0.05) is 0 Å². The third-order valence-corrected chi connectivity index (χ3v) is 4.62. The molecule has 0 atom stereocenters. The lowest BCUT2D eigenvalue weighted by Gasteiger charge is -2.23. The summed E-state index contributed by atoms with van der Waals surface area (Å²) >= 11 is 3.49. The topological polar surface area (TPSA) is 44.5 Å². The summed E-state index contributed by atoms with van der Waals surface area (Å²) in [4.78, 5) is 4.46. The minimum Gasteiger partial charge on any atom is -0.486 e. The third kappa shape index (κ3) is 3.06. The van der Waals surface area contributed by atoms with Crippen molar-refractivity contribution in [2.45, 2.75) is 32.0 Å². The molecule has 0 spiro atoms. The van der Waals surface area contributed by atoms with Crippen molar-refractivity contribution in [2.75, 3.05) is 0 Å². The Morgan fingerprint density at radius 2 is 1.96 bits per heavy atom. The van der Waals surface area contributed by atoms with Crippen molar-refractivity contribution >= 4 is 27.0 Å². The first-order valence-corrected chi connectivity index (χ1v) is 8.51. The van der Waals surface area contributed by atoms with Gasteiger partial charge in [-0.3, -0.25) is 0 Å². The van der Waals surface area contributed by atoms with E-state index in [-0.39, 0.29) is 6.10 Å². The van der Waals surface area contributed by atoms with Gasteiger partial charge in [0.1, 0.15) is 18.5 Å². The van der Waals surface area contributed by atoms with Crippen LogP contribution in [-0.4, -0.2) is 11.1 Å². The molecular weight excluding hydrogens is 358 g/mol. The van der Waals surface area contributed by atoms with Gasteiger partial charge in [-0.25, -0.2) is 0 Å². The Labute approximate surface area is 142 Å². The maximum absolute atomic E-state index is 5.92. The van der Waals surface area contributed by atoms with Crippen LogP contribution in [0.2, 0.25) is 0 Å². The highest BCUT2D eigenvalue weighted by atomic mass is 79.9. The molecule has 0 bridgehead atoms. The van der Waals surface area contributed by atoms with E-state index in [2.05, 4.69) is 20.9 Å². The molecule has 4 rings (SSSR count). The van der Waals surface area contributed by atoms with Crippen LogP contribution in [0.15, 0.2) is 51.4 Å². The fourth-order valence-electron chi connectivity index (χ4n) is 2.47. The van der Waals surface area contributed by atoms with Gasteiger partial charge in [0.2, 0.25) is 0 Å². The van der Waals surface area contributed by atoms with Gasteiger partial charge in [-0.2, -0.15) is 4.98 Å². The van der Waals surface area contributed by atoms with Gasteiger partial charge in [0.25, 0.3) is 0 Å². The summed E-state index contributed by atoms with van der Waals surface area (Å²) in [6, 6.07) is 13.8. The zero-order valence-electron chi connectivity index (χ0n) is 12.5. The van der Waals surface area contributed by atoms with Gasteiger partial charge in [-0.15, -0.1) is 0 Å². The van der Waals surface area contributed by atoms with Crippen molar-refractivity contribution in [3.05, 3.63) is 52.5 Å². The van der Waals surface area contributed by atoms with Crippen LogP contribution in [0.1, 0.15) is 24.8 Å². The molecule has 23 heavy (non-hydrogen) atoms. The highest BCUT2D eigenvalue weighted by Crippen LogP contribution is 2.36. The largest absolute Gasteiger partial charge is 0.486 e. The normalized spacial score (nSPS) is 14.7. The molecule has 1 fully saturated rings. The Bertz CT molecular complexity index is 812. The monoisotopic (exact) mass is 373 g/mol. The van der Waals surface area contributed by atoms with Crippen molar-refractivity contribution in [1.82, 2.24) is 4.98 Å². The Kier molecular flexibility index (Phi) is 3.95. The van der Waals surface area contributed by atoms with Crippen molar-refractivity contribution in [2.24, 2.45) is 0 Å². The van der Waals surface area contributed by atoms with E-state index in [0.717, 1.165) is 22.9 Å². The van der Waals surface area contributed by atoms with E-state index in [4.69, 9.17) is 13.9 Å². The van der Waals surface area contributed by atoms with Crippen LogP contribution in [0.5, 0.6) is 11.8 Å². The molecule has 0 radical (unpaired) electrons. The Hall–Kier alpha value is -2.01. The number of hydrogen-bond donors (Lipinski definition) is 0. The average Bonchev–Trinajstić information content (AvgIpc) is 2.96. The van der Waals surface area contributed by atoms with Gasteiger partial charge in [0.05, 0.1) is 4.47 Å². The smallest absolute Gasteiger partial charge is 0.395 e. The van der Waals surface area contributed by atoms with E-state index in [1.54, 1.807) is 0 Å². The number of hydrogen-bond acceptors (Lipinski definition) is 4. The summed E-state index contributed by atoms with van der Waals surface area (Å²) in [7, 11) is 0. The SMILES string of the molecule is Brc1ccc(OCc2ccccc2)c2nc(OC3CCC3)oc12. The van der Waals surface area contributed by atoms with Gasteiger partial charge in [-0.1, -0.05) is 30.3 Å². The highest BCUT2D eigenvalue weighted by molar-refractivity contribution is 9.10. The number of benzene rings is 2. The lowest BCUT2D eigenvalue weighted by Crippen LogP contribution is -2.24. The summed E-state index contributed by atoms with van der Waals surface area (Å²) < 4.78 is 18.3. The molecule has 2 aromatic carbocycles. The van der Waals surface area contributed by atoms with Crippen LogP contribution in [0.3, 0.4) is 0 Å². The maximum atomic E-state index is 5.92. The molecule has 0 unspecified atom stereocenters. The lowest BCUT2D eigenvalue weighted by molar-refractivity contribution is 0.0857. The number of oxazole rings is 1. The molecule has 1 aliphatic carbocycles. The molecule has 0 N–H and O–H groups in total. The van der Waals surface area contributed by atoms with Gasteiger partial charge in [-0.05, 0) is 52.9 Å². The van der Waals surface area contributed by atoms with Crippen molar-refractivity contribution in [3.8, 4) is 11.8 Å². The van der Waals surface area contributed by atoms with Crippen LogP contribution >= 0.6 is 15.9 Å². The molecule has 1 heterocycles. The zero-order valence-corrected chi connectivity index (χ0v) is 14.1. The molecular formula is C18H16BrNO3. The molecule has 3 aromatic rings. The predicted octanol–water partition coefficient (Wildman–Crippen LogP) is 5.10. The summed E-state index contributed by atoms with van der Waals surface area (Å²) in [5.74, 6) is 0.694. The second kappa shape index (κ2) is 6.24. The van der Waals surface area contributed by atoms with Crippen LogP contribution in [0, 0.1) is 0 Å². The number of ether oxygens (including phenoxy) is 2. The molecule has 0 saturated heterocycles. The maximum Gasteiger partial charge on any atom is 0.395 e. The first-order chi connectivity index (χ1) is 11.3. The summed E-state index contributed by atoms with van der Waals surface area (Å²) in [5.41, 5.74) is 2.45. The number of aromatic nitrogens is 1. The quantitative estimate of drug-likeness (QED) is 0.623. The third-order valence-electron chi connectivity index (χ3n) is 4.00. The second-order valence-electron chi connectivity index (χ2n) is 5.65. The highest BCUT2D eigenvalue weighted by Gasteiger charge is 2.23. The molecule has 0 aliphatic heterocycles. The van der Waals surface area contributed by atoms with Crippen molar-refractivity contribution in [3.63, 3.8) is 0 Å². The van der Waals surface area contributed by atoms with E-state index in [1.165, 1.54) is 6.42 Å². The minimum absolute atomic E-state index is 0.232. The molecule has 1 aliphatic rings. The van der Waals surface area contributed by atoms with E-state index in [9.17, 15) is 0 Å². The van der Waals surface area contributed by atoms with Crippen LogP contribution in [-0.2, 0) is 6.61 Å². The number of rotatable bonds is 5. The number of fused-ring (bicyclic) bond motifs is 1. The Balaban J connectivity index is 1.59. The first-order valence-electron chi connectivity index (χ1n) is 7.72. The summed E-state index contributed by atoms with van der Waals surface area (Å²) in [6.07, 6.45) is 3.89. The number of halogens is 1. The van der Waals surface area contributed by atoms with E-state index >= 15 is 0 Å². The van der Waals surface area contributed by atoms with Crippen molar-refractivity contribution < 1.29 is 13.9 Å².